The molecule has 0 bridgehead atoms. The minimum absolute atomic E-state index is 0. The normalized spacial score (nSPS) is 44.5. The van der Waals surface area contributed by atoms with Crippen LogP contribution in [0, 0.1) is 0 Å². The largest absolute Gasteiger partial charge is 1.00 e. The van der Waals surface area contributed by atoms with Gasteiger partial charge in [-0.15, -0.1) is 0 Å². The second kappa shape index (κ2) is 6.74. The van der Waals surface area contributed by atoms with E-state index in [-0.39, 0.29) is 53.4 Å². The highest BCUT2D eigenvalue weighted by Gasteiger charge is 2.36. The molecule has 1 heterocycles. The molecule has 0 saturated heterocycles. The van der Waals surface area contributed by atoms with E-state index < -0.39 is 18.4 Å². The number of nitrogens with zero attached hydrogens (tertiary/aromatic N) is 1. The van der Waals surface area contributed by atoms with Gasteiger partial charge in [0.25, 0.3) is 0 Å². The van der Waals surface area contributed by atoms with Gasteiger partial charge in [0.15, 0.2) is 0 Å². The lowest BCUT2D eigenvalue weighted by atomic mass is 9.92. The van der Waals surface area contributed by atoms with Crippen LogP contribution in [0.25, 0.3) is 0 Å². The van der Waals surface area contributed by atoms with Crippen LogP contribution in [-0.2, 0) is 0 Å². The molecule has 0 spiro atoms. The van der Waals surface area contributed by atoms with Gasteiger partial charge in [0.05, 0.1) is 24.2 Å². The molecular formula is C15H26IN. The van der Waals surface area contributed by atoms with Crippen LogP contribution in [-0.4, -0.2) is 30.6 Å². The Labute approximate surface area is 131 Å². The maximum atomic E-state index is 8.82. The van der Waals surface area contributed by atoms with E-state index in [1.165, 1.54) is 0 Å². The third-order valence-corrected chi connectivity index (χ3v) is 2.80. The van der Waals surface area contributed by atoms with Crippen LogP contribution in [0.2, 0.25) is 0 Å². The van der Waals surface area contributed by atoms with Gasteiger partial charge in [0.1, 0.15) is 7.39 Å². The molecule has 2 heteroatoms. The first kappa shape index (κ1) is 9.79. The van der Waals surface area contributed by atoms with Crippen LogP contribution in [0.1, 0.15) is 39.9 Å². The molecule has 1 aliphatic heterocycles. The molecule has 1 aliphatic rings. The summed E-state index contributed by atoms with van der Waals surface area (Å²) >= 11 is 0. The Morgan fingerprint density at radius 1 is 1.41 bits per heavy atom. The average Bonchev–Trinajstić information content (AvgIpc) is 2.32. The molecule has 0 aromatic carbocycles. The minimum Gasteiger partial charge on any atom is -1.00 e. The maximum absolute atomic E-state index is 8.82. The molecule has 17 heavy (non-hydrogen) atoms. The van der Waals surface area contributed by atoms with Crippen LogP contribution in [0.15, 0.2) is 36.4 Å². The van der Waals surface area contributed by atoms with Crippen LogP contribution >= 0.6 is 0 Å². The fourth-order valence-electron chi connectivity index (χ4n) is 1.76. The molecule has 1 nitrogen and oxygen atoms in total. The molecule has 3 unspecified atom stereocenters. The zero-order valence-corrected chi connectivity index (χ0v) is 13.4. The Hall–Kier alpha value is -0.0900. The van der Waals surface area contributed by atoms with E-state index in [2.05, 4.69) is 13.2 Å². The molecule has 1 rings (SSSR count). The van der Waals surface area contributed by atoms with Gasteiger partial charge >= 0.3 is 0 Å². The summed E-state index contributed by atoms with van der Waals surface area (Å²) in [6.45, 7) is 11.2. The van der Waals surface area contributed by atoms with Gasteiger partial charge in [-0.05, 0) is 19.9 Å². The maximum Gasteiger partial charge on any atom is 0.111 e. The van der Waals surface area contributed by atoms with Gasteiger partial charge in [-0.1, -0.05) is 30.4 Å². The van der Waals surface area contributed by atoms with Gasteiger partial charge in [-0.3, -0.25) is 0 Å². The van der Waals surface area contributed by atoms with Crippen molar-refractivity contribution in [3.63, 3.8) is 0 Å². The number of halogens is 1. The summed E-state index contributed by atoms with van der Waals surface area (Å²) in [6.07, 6.45) is -0.744. The molecule has 0 aromatic heterocycles. The molecule has 0 radical (unpaired) electrons. The van der Waals surface area contributed by atoms with Crippen LogP contribution in [0.5, 0.6) is 0 Å². The summed E-state index contributed by atoms with van der Waals surface area (Å²) < 4.78 is 41.9. The molecule has 0 N–H and O–H groups in total. The highest BCUT2D eigenvalue weighted by atomic mass is 127. The molecule has 98 valence electrons. The van der Waals surface area contributed by atoms with Crippen molar-refractivity contribution in [3.05, 3.63) is 36.4 Å². The fraction of sp³-hybridized carbons (Fsp3) is 0.600. The molecule has 0 amide bonds. The molecular weight excluding hydrogens is 321 g/mol. The summed E-state index contributed by atoms with van der Waals surface area (Å²) in [4.78, 5) is 0. The summed E-state index contributed by atoms with van der Waals surface area (Å²) in [6, 6.07) is -3.30. The standard InChI is InChI=1S/C15H26N.HI/c1-12(2)10-14-8-7-9-15(11-13(3)4)16(14,5)6;/h7-8,14-15H,1,3,9-11H2,2,4-6H3;1H/q+1;/p-1/i7D,8D,9D,14D,15D;. The molecule has 0 aliphatic carbocycles. The molecule has 0 saturated carbocycles. The Morgan fingerprint density at radius 2 is 1.94 bits per heavy atom. The molecule has 0 aromatic rings. The SMILES string of the molecule is [2H]C1=C([2H])C([2H])(CC(=C)C)[N+](C)(C)C([2H])(CC(=C)C)C1[2H].[I-]. The van der Waals surface area contributed by atoms with E-state index in [0.717, 1.165) is 11.1 Å². The van der Waals surface area contributed by atoms with Crippen molar-refractivity contribution in [2.75, 3.05) is 14.1 Å². The third-order valence-electron chi connectivity index (χ3n) is 2.80. The first-order chi connectivity index (χ1) is 9.31. The first-order valence-electron chi connectivity index (χ1n) is 8.12. The number of rotatable bonds is 4. The van der Waals surface area contributed by atoms with E-state index in [0.29, 0.717) is 0 Å². The van der Waals surface area contributed by atoms with Gasteiger partial charge in [0.2, 0.25) is 0 Å². The second-order valence-electron chi connectivity index (χ2n) is 5.07. The fourth-order valence-corrected chi connectivity index (χ4v) is 1.76. The Bertz CT molecular complexity index is 516. The van der Waals surface area contributed by atoms with Crippen molar-refractivity contribution >= 4 is 0 Å². The highest BCUT2D eigenvalue weighted by Crippen LogP contribution is 2.29. The topological polar surface area (TPSA) is 0 Å². The summed E-state index contributed by atoms with van der Waals surface area (Å²) in [5, 5.41) is 0. The van der Waals surface area contributed by atoms with Gasteiger partial charge < -0.3 is 28.5 Å². The quantitative estimate of drug-likeness (QED) is 0.397. The molecule has 3 atom stereocenters. The predicted molar refractivity (Wildman–Crippen MR) is 72.3 cm³/mol. The van der Waals surface area contributed by atoms with E-state index in [4.69, 9.17) is 6.85 Å². The van der Waals surface area contributed by atoms with E-state index in [9.17, 15) is 0 Å². The lowest BCUT2D eigenvalue weighted by Gasteiger charge is -2.45. The zero-order chi connectivity index (χ0) is 16.8. The van der Waals surface area contributed by atoms with E-state index in [1.807, 2.05) is 0 Å². The number of likely N-dealkylation sites (N-methyl/N-ethyl adjacent to an activating group) is 1. The van der Waals surface area contributed by atoms with Crippen LogP contribution in [0.4, 0.5) is 0 Å². The second-order valence-corrected chi connectivity index (χ2v) is 5.07. The number of hydrogen-bond donors (Lipinski definition) is 0. The van der Waals surface area contributed by atoms with Crippen molar-refractivity contribution in [2.24, 2.45) is 0 Å². The Balaban J connectivity index is 0.00000441. The lowest BCUT2D eigenvalue weighted by molar-refractivity contribution is -0.933. The minimum atomic E-state index is -1.47. The summed E-state index contributed by atoms with van der Waals surface area (Å²) in [7, 11) is 3.41. The smallest absolute Gasteiger partial charge is 0.111 e. The molecule has 0 fully saturated rings. The van der Waals surface area contributed by atoms with Gasteiger partial charge in [0, 0.05) is 20.6 Å². The third kappa shape index (κ3) is 4.59. The van der Waals surface area contributed by atoms with Crippen LogP contribution in [0.3, 0.4) is 0 Å². The Kier molecular flexibility index (Phi) is 3.88. The predicted octanol–water partition coefficient (Wildman–Crippen LogP) is 0.696. The summed E-state index contributed by atoms with van der Waals surface area (Å²) in [5.74, 6) is 0. The van der Waals surface area contributed by atoms with Crippen molar-refractivity contribution in [2.45, 2.75) is 45.1 Å². The van der Waals surface area contributed by atoms with Crippen molar-refractivity contribution in [1.82, 2.24) is 0 Å². The van der Waals surface area contributed by atoms with Gasteiger partial charge in [-0.25, -0.2) is 0 Å². The first-order valence-corrected chi connectivity index (χ1v) is 5.54. The van der Waals surface area contributed by atoms with Crippen molar-refractivity contribution < 1.29 is 35.3 Å². The summed E-state index contributed by atoms with van der Waals surface area (Å²) in [5.41, 5.74) is 1.47. The van der Waals surface area contributed by atoms with Gasteiger partial charge in [-0.2, -0.15) is 0 Å². The lowest BCUT2D eigenvalue weighted by Crippen LogP contribution is -3.00. The average molecular weight is 352 g/mol. The van der Waals surface area contributed by atoms with Crippen molar-refractivity contribution in [3.8, 4) is 0 Å². The Morgan fingerprint density at radius 3 is 2.41 bits per heavy atom. The monoisotopic (exact) mass is 352 g/mol. The highest BCUT2D eigenvalue weighted by molar-refractivity contribution is 5.05. The number of hydrogen-bond acceptors (Lipinski definition) is 0. The van der Waals surface area contributed by atoms with Crippen molar-refractivity contribution in [1.29, 1.82) is 0 Å². The zero-order valence-electron chi connectivity index (χ0n) is 16.2. The van der Waals surface area contributed by atoms with E-state index in [1.54, 1.807) is 27.9 Å². The van der Waals surface area contributed by atoms with Crippen LogP contribution < -0.4 is 24.0 Å². The van der Waals surface area contributed by atoms with E-state index >= 15 is 0 Å². The number of quaternary nitrogens is 1.